The number of fused-ring (bicyclic) bond motifs is 1. The molecule has 3 nitrogen and oxygen atoms in total. The zero-order valence-corrected chi connectivity index (χ0v) is 9.70. The van der Waals surface area contributed by atoms with Crippen LogP contribution in [0, 0.1) is 0 Å². The van der Waals surface area contributed by atoms with Crippen molar-refractivity contribution in [3.8, 4) is 0 Å². The molecule has 84 valence electrons. The summed E-state index contributed by atoms with van der Waals surface area (Å²) in [5.41, 5.74) is 7.04. The van der Waals surface area contributed by atoms with E-state index in [2.05, 4.69) is 30.2 Å². The predicted molar refractivity (Wildman–Crippen MR) is 68.1 cm³/mol. The number of rotatable bonds is 3. The summed E-state index contributed by atoms with van der Waals surface area (Å²) in [6.45, 7) is 5.09. The molecule has 0 aliphatic heterocycles. The molecule has 0 bridgehead atoms. The standard InChI is InChI=1S/C13H17N3/c1-9(2)15-7-10-8-16-13(14)12-6-4-3-5-11(10)12/h3-6,8-9,15H,7H2,1-2H3,(H2,14,16). The van der Waals surface area contributed by atoms with E-state index in [1.807, 2.05) is 24.4 Å². The third-order valence-corrected chi connectivity index (χ3v) is 2.61. The van der Waals surface area contributed by atoms with Crippen LogP contribution in [0.25, 0.3) is 10.8 Å². The van der Waals surface area contributed by atoms with Crippen LogP contribution < -0.4 is 11.1 Å². The van der Waals surface area contributed by atoms with E-state index in [-0.39, 0.29) is 0 Å². The molecule has 0 radical (unpaired) electrons. The lowest BCUT2D eigenvalue weighted by molar-refractivity contribution is 0.590. The summed E-state index contributed by atoms with van der Waals surface area (Å²) < 4.78 is 0. The first kappa shape index (κ1) is 10.9. The van der Waals surface area contributed by atoms with Gasteiger partial charge in [-0.1, -0.05) is 38.1 Å². The molecule has 3 N–H and O–H groups in total. The predicted octanol–water partition coefficient (Wildman–Crippen LogP) is 2.32. The van der Waals surface area contributed by atoms with Crippen LogP contribution in [0.2, 0.25) is 0 Å². The van der Waals surface area contributed by atoms with Gasteiger partial charge in [-0.05, 0) is 10.9 Å². The van der Waals surface area contributed by atoms with E-state index >= 15 is 0 Å². The number of anilines is 1. The van der Waals surface area contributed by atoms with Crippen molar-refractivity contribution < 1.29 is 0 Å². The number of nitrogens with two attached hydrogens (primary N) is 1. The lowest BCUT2D eigenvalue weighted by Gasteiger charge is -2.11. The summed E-state index contributed by atoms with van der Waals surface area (Å²) in [4.78, 5) is 4.22. The van der Waals surface area contributed by atoms with Crippen molar-refractivity contribution in [3.05, 3.63) is 36.0 Å². The summed E-state index contributed by atoms with van der Waals surface area (Å²) in [7, 11) is 0. The van der Waals surface area contributed by atoms with E-state index in [0.29, 0.717) is 11.9 Å². The molecular weight excluding hydrogens is 198 g/mol. The molecule has 0 atom stereocenters. The van der Waals surface area contributed by atoms with E-state index < -0.39 is 0 Å². The monoisotopic (exact) mass is 215 g/mol. The molecule has 0 aliphatic rings. The highest BCUT2D eigenvalue weighted by molar-refractivity contribution is 5.93. The number of nitrogens with zero attached hydrogens (tertiary/aromatic N) is 1. The highest BCUT2D eigenvalue weighted by Gasteiger charge is 2.04. The molecule has 1 heterocycles. The average molecular weight is 215 g/mol. The van der Waals surface area contributed by atoms with Crippen LogP contribution in [-0.4, -0.2) is 11.0 Å². The first-order valence-corrected chi connectivity index (χ1v) is 5.54. The Morgan fingerprint density at radius 1 is 1.25 bits per heavy atom. The van der Waals surface area contributed by atoms with Crippen LogP contribution in [0.3, 0.4) is 0 Å². The van der Waals surface area contributed by atoms with Crippen LogP contribution in [0.15, 0.2) is 30.5 Å². The van der Waals surface area contributed by atoms with Crippen molar-refractivity contribution in [1.82, 2.24) is 10.3 Å². The zero-order valence-electron chi connectivity index (χ0n) is 9.70. The number of aromatic nitrogens is 1. The first-order chi connectivity index (χ1) is 7.68. The Kier molecular flexibility index (Phi) is 3.06. The summed E-state index contributed by atoms with van der Waals surface area (Å²) in [6.07, 6.45) is 1.85. The van der Waals surface area contributed by atoms with Crippen LogP contribution >= 0.6 is 0 Å². The molecule has 0 aliphatic carbocycles. The molecule has 0 amide bonds. The molecule has 0 fully saturated rings. The third-order valence-electron chi connectivity index (χ3n) is 2.61. The maximum atomic E-state index is 5.85. The van der Waals surface area contributed by atoms with Crippen LogP contribution in [0.5, 0.6) is 0 Å². The number of pyridine rings is 1. The van der Waals surface area contributed by atoms with E-state index in [0.717, 1.165) is 11.9 Å². The Bertz CT molecular complexity index is 492. The lowest BCUT2D eigenvalue weighted by Crippen LogP contribution is -2.22. The fourth-order valence-corrected chi connectivity index (χ4v) is 1.73. The van der Waals surface area contributed by atoms with E-state index in [9.17, 15) is 0 Å². The average Bonchev–Trinajstić information content (AvgIpc) is 2.28. The van der Waals surface area contributed by atoms with Gasteiger partial charge >= 0.3 is 0 Å². The summed E-state index contributed by atoms with van der Waals surface area (Å²) in [5.74, 6) is 0.601. The van der Waals surface area contributed by atoms with Crippen LogP contribution in [-0.2, 0) is 6.54 Å². The number of hydrogen-bond acceptors (Lipinski definition) is 3. The van der Waals surface area contributed by atoms with E-state index in [1.54, 1.807) is 0 Å². The van der Waals surface area contributed by atoms with Gasteiger partial charge in [0.15, 0.2) is 0 Å². The van der Waals surface area contributed by atoms with Gasteiger partial charge in [0.05, 0.1) is 0 Å². The van der Waals surface area contributed by atoms with Gasteiger partial charge in [0.1, 0.15) is 5.82 Å². The van der Waals surface area contributed by atoms with Gasteiger partial charge < -0.3 is 11.1 Å². The summed E-state index contributed by atoms with van der Waals surface area (Å²) in [5, 5.41) is 5.61. The molecule has 0 saturated heterocycles. The SMILES string of the molecule is CC(C)NCc1cnc(N)c2ccccc12. The largest absolute Gasteiger partial charge is 0.383 e. The summed E-state index contributed by atoms with van der Waals surface area (Å²) in [6, 6.07) is 8.58. The first-order valence-electron chi connectivity index (χ1n) is 5.54. The van der Waals surface area contributed by atoms with Crippen molar-refractivity contribution in [1.29, 1.82) is 0 Å². The molecule has 0 saturated carbocycles. The van der Waals surface area contributed by atoms with Crippen molar-refractivity contribution in [2.24, 2.45) is 0 Å². The van der Waals surface area contributed by atoms with Crippen molar-refractivity contribution in [2.45, 2.75) is 26.4 Å². The van der Waals surface area contributed by atoms with Gasteiger partial charge in [-0.15, -0.1) is 0 Å². The van der Waals surface area contributed by atoms with Gasteiger partial charge in [0.25, 0.3) is 0 Å². The minimum Gasteiger partial charge on any atom is -0.383 e. The number of hydrogen-bond donors (Lipinski definition) is 2. The molecule has 1 aromatic carbocycles. The quantitative estimate of drug-likeness (QED) is 0.826. The third kappa shape index (κ3) is 2.14. The minimum absolute atomic E-state index is 0.469. The number of nitrogens with one attached hydrogen (secondary N) is 1. The van der Waals surface area contributed by atoms with E-state index in [1.165, 1.54) is 10.9 Å². The summed E-state index contributed by atoms with van der Waals surface area (Å²) >= 11 is 0. The van der Waals surface area contributed by atoms with Gasteiger partial charge in [-0.3, -0.25) is 0 Å². The molecule has 2 rings (SSSR count). The van der Waals surface area contributed by atoms with Crippen molar-refractivity contribution in [2.75, 3.05) is 5.73 Å². The molecule has 2 aromatic rings. The second-order valence-electron chi connectivity index (χ2n) is 4.25. The van der Waals surface area contributed by atoms with Gasteiger partial charge in [0.2, 0.25) is 0 Å². The van der Waals surface area contributed by atoms with Crippen molar-refractivity contribution in [3.63, 3.8) is 0 Å². The van der Waals surface area contributed by atoms with Crippen LogP contribution in [0.4, 0.5) is 5.82 Å². The fraction of sp³-hybridized carbons (Fsp3) is 0.308. The topological polar surface area (TPSA) is 50.9 Å². The Morgan fingerprint density at radius 3 is 2.62 bits per heavy atom. The maximum absolute atomic E-state index is 5.85. The Balaban J connectivity index is 2.42. The molecule has 0 spiro atoms. The minimum atomic E-state index is 0.469. The molecule has 3 heteroatoms. The van der Waals surface area contributed by atoms with Gasteiger partial charge in [-0.25, -0.2) is 4.98 Å². The van der Waals surface area contributed by atoms with Crippen LogP contribution in [0.1, 0.15) is 19.4 Å². The lowest BCUT2D eigenvalue weighted by atomic mass is 10.1. The Labute approximate surface area is 95.7 Å². The van der Waals surface area contributed by atoms with Crippen molar-refractivity contribution >= 4 is 16.6 Å². The zero-order chi connectivity index (χ0) is 11.5. The number of benzene rings is 1. The van der Waals surface area contributed by atoms with E-state index in [4.69, 9.17) is 5.73 Å². The fourth-order valence-electron chi connectivity index (χ4n) is 1.73. The highest BCUT2D eigenvalue weighted by atomic mass is 14.9. The molecule has 16 heavy (non-hydrogen) atoms. The number of nitrogen functional groups attached to an aromatic ring is 1. The van der Waals surface area contributed by atoms with Gasteiger partial charge in [0, 0.05) is 24.2 Å². The smallest absolute Gasteiger partial charge is 0.131 e. The second kappa shape index (κ2) is 4.49. The molecule has 0 unspecified atom stereocenters. The normalized spacial score (nSPS) is 11.2. The maximum Gasteiger partial charge on any atom is 0.131 e. The Hall–Kier alpha value is -1.61. The highest BCUT2D eigenvalue weighted by Crippen LogP contribution is 2.22. The second-order valence-corrected chi connectivity index (χ2v) is 4.25. The van der Waals surface area contributed by atoms with Gasteiger partial charge in [-0.2, -0.15) is 0 Å². The molecular formula is C13H17N3. The molecule has 1 aromatic heterocycles. The Morgan fingerprint density at radius 2 is 1.94 bits per heavy atom.